The summed E-state index contributed by atoms with van der Waals surface area (Å²) in [6, 6.07) is 2.05. The lowest BCUT2D eigenvalue weighted by molar-refractivity contribution is 0.343. The van der Waals surface area contributed by atoms with E-state index in [1.54, 1.807) is 18.0 Å². The number of fused-ring (bicyclic) bond motifs is 3. The SMILES string of the molecule is COc1cc(C)c2c(n1)oc1c(=O)n(C3CCCCC3)cnc12. The van der Waals surface area contributed by atoms with Crippen LogP contribution in [-0.4, -0.2) is 21.6 Å². The van der Waals surface area contributed by atoms with Crippen LogP contribution >= 0.6 is 0 Å². The van der Waals surface area contributed by atoms with E-state index in [4.69, 9.17) is 9.15 Å². The Bertz CT molecular complexity index is 936. The highest BCUT2D eigenvalue weighted by Gasteiger charge is 2.21. The van der Waals surface area contributed by atoms with Gasteiger partial charge in [-0.05, 0) is 25.3 Å². The number of furan rings is 1. The first-order chi connectivity index (χ1) is 11.2. The van der Waals surface area contributed by atoms with Crippen molar-refractivity contribution < 1.29 is 9.15 Å². The highest BCUT2D eigenvalue weighted by atomic mass is 16.5. The van der Waals surface area contributed by atoms with Crippen molar-refractivity contribution in [2.24, 2.45) is 0 Å². The fourth-order valence-electron chi connectivity index (χ4n) is 3.52. The normalized spacial score (nSPS) is 16.3. The Hall–Kier alpha value is -2.37. The van der Waals surface area contributed by atoms with Crippen LogP contribution in [0.25, 0.3) is 22.2 Å². The predicted octanol–water partition coefficient (Wildman–Crippen LogP) is 3.36. The summed E-state index contributed by atoms with van der Waals surface area (Å²) in [7, 11) is 1.56. The summed E-state index contributed by atoms with van der Waals surface area (Å²) in [5.74, 6) is 0.474. The molecular weight excluding hydrogens is 294 g/mol. The Morgan fingerprint density at radius 3 is 2.83 bits per heavy atom. The summed E-state index contributed by atoms with van der Waals surface area (Å²) in [6.07, 6.45) is 7.28. The summed E-state index contributed by atoms with van der Waals surface area (Å²) in [6.45, 7) is 1.94. The van der Waals surface area contributed by atoms with Crippen molar-refractivity contribution in [3.63, 3.8) is 0 Å². The van der Waals surface area contributed by atoms with E-state index in [1.807, 2.05) is 13.0 Å². The zero-order valence-corrected chi connectivity index (χ0v) is 13.3. The number of pyridine rings is 1. The summed E-state index contributed by atoms with van der Waals surface area (Å²) in [4.78, 5) is 21.6. The Morgan fingerprint density at radius 2 is 2.09 bits per heavy atom. The zero-order valence-electron chi connectivity index (χ0n) is 13.3. The monoisotopic (exact) mass is 313 g/mol. The van der Waals surface area contributed by atoms with Crippen LogP contribution in [0.2, 0.25) is 0 Å². The predicted molar refractivity (Wildman–Crippen MR) is 87.0 cm³/mol. The van der Waals surface area contributed by atoms with Crippen molar-refractivity contribution in [2.45, 2.75) is 45.1 Å². The molecule has 0 aromatic carbocycles. The van der Waals surface area contributed by atoms with E-state index >= 15 is 0 Å². The molecule has 0 N–H and O–H groups in total. The van der Waals surface area contributed by atoms with Crippen molar-refractivity contribution in [1.29, 1.82) is 0 Å². The first kappa shape index (κ1) is 14.2. The Morgan fingerprint density at radius 1 is 1.30 bits per heavy atom. The Kier molecular flexibility index (Phi) is 3.32. The van der Waals surface area contributed by atoms with Crippen LogP contribution in [0.3, 0.4) is 0 Å². The van der Waals surface area contributed by atoms with Gasteiger partial charge in [-0.25, -0.2) is 4.98 Å². The smallest absolute Gasteiger partial charge is 0.297 e. The minimum Gasteiger partial charge on any atom is -0.481 e. The Balaban J connectivity index is 1.95. The van der Waals surface area contributed by atoms with Gasteiger partial charge >= 0.3 is 0 Å². The number of aryl methyl sites for hydroxylation is 1. The third kappa shape index (κ3) is 2.20. The molecule has 0 saturated heterocycles. The van der Waals surface area contributed by atoms with Crippen molar-refractivity contribution >= 4 is 22.2 Å². The van der Waals surface area contributed by atoms with Crippen LogP contribution in [0.15, 0.2) is 21.6 Å². The van der Waals surface area contributed by atoms with E-state index in [9.17, 15) is 4.79 Å². The lowest BCUT2D eigenvalue weighted by Gasteiger charge is -2.23. The van der Waals surface area contributed by atoms with Crippen LogP contribution in [0, 0.1) is 6.92 Å². The first-order valence-corrected chi connectivity index (χ1v) is 8.04. The lowest BCUT2D eigenvalue weighted by atomic mass is 9.95. The number of rotatable bonds is 2. The molecule has 1 fully saturated rings. The van der Waals surface area contributed by atoms with Crippen molar-refractivity contribution in [1.82, 2.24) is 14.5 Å². The topological polar surface area (TPSA) is 70.2 Å². The third-order valence-electron chi connectivity index (χ3n) is 4.73. The molecule has 0 radical (unpaired) electrons. The maximum absolute atomic E-state index is 12.8. The summed E-state index contributed by atoms with van der Waals surface area (Å²) < 4.78 is 12.7. The number of hydrogen-bond donors (Lipinski definition) is 0. The zero-order chi connectivity index (χ0) is 16.0. The lowest BCUT2D eigenvalue weighted by Crippen LogP contribution is -2.26. The van der Waals surface area contributed by atoms with Crippen LogP contribution < -0.4 is 10.3 Å². The van der Waals surface area contributed by atoms with Crippen LogP contribution in [0.1, 0.15) is 43.7 Å². The van der Waals surface area contributed by atoms with Gasteiger partial charge in [0.2, 0.25) is 17.2 Å². The minimum atomic E-state index is -0.113. The van der Waals surface area contributed by atoms with Gasteiger partial charge in [-0.2, -0.15) is 4.98 Å². The van der Waals surface area contributed by atoms with Crippen molar-refractivity contribution in [3.05, 3.63) is 28.3 Å². The molecule has 3 aromatic rings. The molecule has 0 spiro atoms. The highest BCUT2D eigenvalue weighted by molar-refractivity contribution is 6.02. The molecule has 4 rings (SSSR count). The molecule has 23 heavy (non-hydrogen) atoms. The van der Waals surface area contributed by atoms with Crippen LogP contribution in [0.4, 0.5) is 0 Å². The van der Waals surface area contributed by atoms with Crippen LogP contribution in [0.5, 0.6) is 5.88 Å². The molecule has 0 amide bonds. The van der Waals surface area contributed by atoms with Gasteiger partial charge in [-0.3, -0.25) is 9.36 Å². The maximum atomic E-state index is 12.8. The maximum Gasteiger partial charge on any atom is 0.297 e. The van der Waals surface area contributed by atoms with E-state index < -0.39 is 0 Å². The largest absolute Gasteiger partial charge is 0.481 e. The molecule has 120 valence electrons. The summed E-state index contributed by atoms with van der Waals surface area (Å²) in [5, 5.41) is 0.786. The van der Waals surface area contributed by atoms with Gasteiger partial charge in [-0.15, -0.1) is 0 Å². The van der Waals surface area contributed by atoms with Crippen molar-refractivity contribution in [3.8, 4) is 5.88 Å². The fourth-order valence-corrected chi connectivity index (χ4v) is 3.52. The molecule has 0 aliphatic heterocycles. The number of ether oxygens (including phenoxy) is 1. The number of hydrogen-bond acceptors (Lipinski definition) is 5. The average molecular weight is 313 g/mol. The van der Waals surface area contributed by atoms with Gasteiger partial charge in [-0.1, -0.05) is 19.3 Å². The average Bonchev–Trinajstić information content (AvgIpc) is 2.96. The number of methoxy groups -OCH3 is 1. The van der Waals surface area contributed by atoms with E-state index in [0.717, 1.165) is 36.6 Å². The highest BCUT2D eigenvalue weighted by Crippen LogP contribution is 2.31. The van der Waals surface area contributed by atoms with Crippen molar-refractivity contribution in [2.75, 3.05) is 7.11 Å². The van der Waals surface area contributed by atoms with E-state index in [0.29, 0.717) is 17.1 Å². The van der Waals surface area contributed by atoms with E-state index in [2.05, 4.69) is 9.97 Å². The molecule has 3 heterocycles. The molecule has 6 nitrogen and oxygen atoms in total. The molecule has 1 aliphatic carbocycles. The molecule has 0 bridgehead atoms. The van der Waals surface area contributed by atoms with Gasteiger partial charge in [0.1, 0.15) is 5.52 Å². The summed E-state index contributed by atoms with van der Waals surface area (Å²) in [5.41, 5.74) is 2.11. The van der Waals surface area contributed by atoms with Gasteiger partial charge < -0.3 is 9.15 Å². The molecule has 3 aromatic heterocycles. The van der Waals surface area contributed by atoms with Gasteiger partial charge in [0.05, 0.1) is 18.8 Å². The molecule has 1 saturated carbocycles. The van der Waals surface area contributed by atoms with Crippen LogP contribution in [-0.2, 0) is 0 Å². The third-order valence-corrected chi connectivity index (χ3v) is 4.73. The second-order valence-electron chi connectivity index (χ2n) is 6.19. The second-order valence-corrected chi connectivity index (χ2v) is 6.19. The summed E-state index contributed by atoms with van der Waals surface area (Å²) >= 11 is 0. The minimum absolute atomic E-state index is 0.113. The molecule has 6 heteroatoms. The van der Waals surface area contributed by atoms with E-state index in [1.165, 1.54) is 6.42 Å². The molecule has 0 unspecified atom stereocenters. The second kappa shape index (κ2) is 5.37. The van der Waals surface area contributed by atoms with Gasteiger partial charge in [0.25, 0.3) is 5.56 Å². The molecule has 1 aliphatic rings. The van der Waals surface area contributed by atoms with E-state index in [-0.39, 0.29) is 17.2 Å². The number of aromatic nitrogens is 3. The number of nitrogens with zero attached hydrogens (tertiary/aromatic N) is 3. The van der Waals surface area contributed by atoms with Gasteiger partial charge in [0.15, 0.2) is 0 Å². The molecular formula is C17H19N3O3. The first-order valence-electron chi connectivity index (χ1n) is 8.04. The Labute approximate surface area is 133 Å². The quantitative estimate of drug-likeness (QED) is 0.725. The standard InChI is InChI=1S/C17H19N3O3/c1-10-8-12(22-2)19-16-13(10)14-15(23-16)17(21)20(9-18-14)11-6-4-3-5-7-11/h8-9,11H,3-7H2,1-2H3. The van der Waals surface area contributed by atoms with Gasteiger partial charge in [0, 0.05) is 12.1 Å². The molecule has 0 atom stereocenters. The fraction of sp³-hybridized carbons (Fsp3) is 0.471.